The second-order valence-electron chi connectivity index (χ2n) is 10.9. The van der Waals surface area contributed by atoms with Gasteiger partial charge in [0.05, 0.1) is 0 Å². The number of carboxylic acid groups (broad SMARTS) is 1. The van der Waals surface area contributed by atoms with Crippen molar-refractivity contribution in [2.24, 2.45) is 46.3 Å². The number of hydrogen-bond acceptors (Lipinski definition) is 1. The Labute approximate surface area is 161 Å². The van der Waals surface area contributed by atoms with Gasteiger partial charge >= 0.3 is 5.97 Å². The molecular formula is C24H40O2. The maximum Gasteiger partial charge on any atom is 0.303 e. The third-order valence-corrected chi connectivity index (χ3v) is 10.0. The van der Waals surface area contributed by atoms with Crippen molar-refractivity contribution in [3.05, 3.63) is 0 Å². The Balaban J connectivity index is 1.52. The van der Waals surface area contributed by atoms with Crippen LogP contribution in [0.3, 0.4) is 0 Å². The van der Waals surface area contributed by atoms with E-state index in [9.17, 15) is 9.90 Å². The van der Waals surface area contributed by atoms with Gasteiger partial charge in [-0.05, 0) is 104 Å². The fourth-order valence-corrected chi connectivity index (χ4v) is 8.72. The van der Waals surface area contributed by atoms with Gasteiger partial charge in [-0.3, -0.25) is 4.79 Å². The molecule has 0 heterocycles. The molecule has 4 rings (SSSR count). The predicted molar refractivity (Wildman–Crippen MR) is 106 cm³/mol. The van der Waals surface area contributed by atoms with E-state index >= 15 is 0 Å². The summed E-state index contributed by atoms with van der Waals surface area (Å²) in [4.78, 5) is 11.2. The number of aliphatic carboxylic acids is 1. The first-order valence-electron chi connectivity index (χ1n) is 12.0. The molecule has 4 saturated carbocycles. The van der Waals surface area contributed by atoms with Crippen molar-refractivity contribution in [2.75, 3.05) is 0 Å². The number of carboxylic acids is 1. The van der Waals surface area contributed by atoms with Gasteiger partial charge in [-0.25, -0.2) is 0 Å². The summed E-state index contributed by atoms with van der Waals surface area (Å²) >= 11 is 0. The molecule has 9 atom stereocenters. The number of fused-ring (bicyclic) bond motifs is 5. The van der Waals surface area contributed by atoms with Crippen LogP contribution < -0.4 is 0 Å². The van der Waals surface area contributed by atoms with Gasteiger partial charge in [0.25, 0.3) is 0 Å². The average molecular weight is 362 g/mol. The van der Waals surface area contributed by atoms with Gasteiger partial charge in [-0.15, -0.1) is 0 Å². The fraction of sp³-hybridized carbons (Fsp3) is 0.958. The van der Waals surface area contributed by atoms with Crippen LogP contribution in [0.1, 0.15) is 99.2 Å². The third-order valence-electron chi connectivity index (χ3n) is 10.0. The van der Waals surface area contributed by atoms with E-state index < -0.39 is 12.4 Å². The standard InChI is InChI=1S/C24H40O2/c1-16(7-12-22(25)26)19-10-11-20-18-9-8-17-6-4-5-14-23(17,2)21(18)13-15-24(19,20)3/h16-21H,4-15H2,1-3H3,(H,25,26)/t16-,17?,18+,19-,20+,21+,23+,24-/m1/s1/i12D/t12?,16-,17?,18+,19-,20+,21+,23+,24-. The molecule has 1 N–H and O–H groups in total. The molecular weight excluding hydrogens is 320 g/mol. The second kappa shape index (κ2) is 6.82. The van der Waals surface area contributed by atoms with E-state index in [4.69, 9.17) is 1.37 Å². The monoisotopic (exact) mass is 361 g/mol. The SMILES string of the molecule is [2H]C(C[C@@H](C)[C@H]1CC[C@H]2[C@@H]3CCC4CCCC[C@]4(C)[C@H]3CC[C@]12C)C(=O)O. The van der Waals surface area contributed by atoms with Crippen LogP contribution in [0, 0.1) is 46.3 Å². The van der Waals surface area contributed by atoms with Gasteiger partial charge in [-0.2, -0.15) is 0 Å². The quantitative estimate of drug-likeness (QED) is 0.617. The first-order valence-corrected chi connectivity index (χ1v) is 11.4. The molecule has 0 aromatic rings. The lowest BCUT2D eigenvalue weighted by atomic mass is 9.44. The zero-order valence-electron chi connectivity index (χ0n) is 18.2. The Kier molecular flexibility index (Phi) is 4.60. The maximum atomic E-state index is 11.2. The van der Waals surface area contributed by atoms with Gasteiger partial charge < -0.3 is 5.11 Å². The summed E-state index contributed by atoms with van der Waals surface area (Å²) in [5, 5.41) is 9.18. The summed E-state index contributed by atoms with van der Waals surface area (Å²) in [7, 11) is 0. The van der Waals surface area contributed by atoms with Crippen LogP contribution >= 0.6 is 0 Å². The molecule has 2 unspecified atom stereocenters. The highest BCUT2D eigenvalue weighted by atomic mass is 16.4. The van der Waals surface area contributed by atoms with E-state index in [2.05, 4.69) is 20.8 Å². The lowest BCUT2D eigenvalue weighted by molar-refractivity contribution is -0.137. The van der Waals surface area contributed by atoms with E-state index in [-0.39, 0.29) is 0 Å². The van der Waals surface area contributed by atoms with E-state index in [0.717, 1.165) is 23.7 Å². The lowest BCUT2D eigenvalue weighted by Gasteiger charge is -2.61. The van der Waals surface area contributed by atoms with Crippen LogP contribution in [0.15, 0.2) is 0 Å². The van der Waals surface area contributed by atoms with Crippen molar-refractivity contribution in [1.82, 2.24) is 0 Å². The Morgan fingerprint density at radius 2 is 1.81 bits per heavy atom. The first-order chi connectivity index (χ1) is 12.8. The summed E-state index contributed by atoms with van der Waals surface area (Å²) < 4.78 is 7.89. The van der Waals surface area contributed by atoms with Gasteiger partial charge in [0.2, 0.25) is 0 Å². The Morgan fingerprint density at radius 1 is 1.04 bits per heavy atom. The Bertz CT molecular complexity index is 577. The third kappa shape index (κ3) is 2.85. The molecule has 0 saturated heterocycles. The smallest absolute Gasteiger partial charge is 0.303 e. The van der Waals surface area contributed by atoms with Crippen molar-refractivity contribution in [2.45, 2.75) is 97.8 Å². The van der Waals surface area contributed by atoms with Crippen LogP contribution in [0.5, 0.6) is 0 Å². The summed E-state index contributed by atoms with van der Waals surface area (Å²) in [6, 6.07) is 0. The molecule has 2 heteroatoms. The molecule has 0 amide bonds. The molecule has 0 bridgehead atoms. The molecule has 0 aliphatic heterocycles. The summed E-state index contributed by atoms with van der Waals surface area (Å²) in [6.07, 6.45) is 13.7. The molecule has 2 nitrogen and oxygen atoms in total. The van der Waals surface area contributed by atoms with E-state index in [1.54, 1.807) is 0 Å². The van der Waals surface area contributed by atoms with Crippen molar-refractivity contribution in [3.63, 3.8) is 0 Å². The summed E-state index contributed by atoms with van der Waals surface area (Å²) in [5.74, 6) is 3.70. The van der Waals surface area contributed by atoms with Crippen LogP contribution in [-0.2, 0) is 4.79 Å². The summed E-state index contributed by atoms with van der Waals surface area (Å²) in [6.45, 7) is 7.41. The van der Waals surface area contributed by atoms with Crippen molar-refractivity contribution >= 4 is 5.97 Å². The van der Waals surface area contributed by atoms with Gasteiger partial charge in [-0.1, -0.05) is 33.6 Å². The first kappa shape index (κ1) is 17.6. The highest BCUT2D eigenvalue weighted by Gasteiger charge is 2.60. The molecule has 0 aromatic carbocycles. The van der Waals surface area contributed by atoms with Crippen molar-refractivity contribution < 1.29 is 11.3 Å². The highest BCUT2D eigenvalue weighted by Crippen LogP contribution is 2.68. The minimum atomic E-state index is -0.950. The number of carbonyl (C=O) groups is 1. The van der Waals surface area contributed by atoms with E-state index in [1.807, 2.05) is 0 Å². The topological polar surface area (TPSA) is 37.3 Å². The molecule has 0 spiro atoms. The van der Waals surface area contributed by atoms with Gasteiger partial charge in [0.1, 0.15) is 0 Å². The zero-order valence-corrected chi connectivity index (χ0v) is 17.2. The highest BCUT2D eigenvalue weighted by molar-refractivity contribution is 5.66. The number of rotatable bonds is 4. The van der Waals surface area contributed by atoms with E-state index in [1.165, 1.54) is 64.2 Å². The molecule has 4 aliphatic carbocycles. The Hall–Kier alpha value is -0.530. The molecule has 4 fully saturated rings. The number of hydrogen-bond donors (Lipinski definition) is 1. The predicted octanol–water partition coefficient (Wildman–Crippen LogP) is 6.54. The normalized spacial score (nSPS) is 50.7. The summed E-state index contributed by atoms with van der Waals surface area (Å²) in [5.41, 5.74) is 0.985. The minimum absolute atomic E-state index is 0.358. The minimum Gasteiger partial charge on any atom is -0.481 e. The lowest BCUT2D eigenvalue weighted by Crippen LogP contribution is -2.53. The second-order valence-corrected chi connectivity index (χ2v) is 10.9. The van der Waals surface area contributed by atoms with Crippen LogP contribution in [0.4, 0.5) is 0 Å². The van der Waals surface area contributed by atoms with Crippen molar-refractivity contribution in [1.29, 1.82) is 0 Å². The van der Waals surface area contributed by atoms with Crippen LogP contribution in [0.25, 0.3) is 0 Å². The molecule has 0 aromatic heterocycles. The molecule has 4 aliphatic rings. The largest absolute Gasteiger partial charge is 0.481 e. The van der Waals surface area contributed by atoms with Gasteiger partial charge in [0.15, 0.2) is 0 Å². The zero-order chi connectivity index (χ0) is 19.4. The maximum absolute atomic E-state index is 11.2. The van der Waals surface area contributed by atoms with Crippen molar-refractivity contribution in [3.8, 4) is 0 Å². The Morgan fingerprint density at radius 3 is 2.58 bits per heavy atom. The van der Waals surface area contributed by atoms with Crippen LogP contribution in [0.2, 0.25) is 0 Å². The average Bonchev–Trinajstić information content (AvgIpc) is 2.98. The molecule has 148 valence electrons. The van der Waals surface area contributed by atoms with Gasteiger partial charge in [0, 0.05) is 7.77 Å². The molecule has 26 heavy (non-hydrogen) atoms. The molecule has 0 radical (unpaired) electrons. The van der Waals surface area contributed by atoms with Crippen LogP contribution in [-0.4, -0.2) is 11.1 Å². The van der Waals surface area contributed by atoms with E-state index in [0.29, 0.717) is 29.1 Å². The fourth-order valence-electron chi connectivity index (χ4n) is 8.72.